The average Bonchev–Trinajstić information content (AvgIpc) is 1.88. The Balaban J connectivity index is 4.18. The molecule has 0 aromatic heterocycles. The molecule has 0 rings (SSSR count). The number of aliphatic hydroxyl groups excluding tert-OH is 2. The summed E-state index contributed by atoms with van der Waals surface area (Å²) in [7, 11) is -2.76. The minimum absolute atomic E-state index is 0.499. The summed E-state index contributed by atoms with van der Waals surface area (Å²) in [5, 5.41) is 18.4. The van der Waals surface area contributed by atoms with Crippen LogP contribution in [-0.2, 0) is 4.57 Å². The van der Waals surface area contributed by atoms with Crippen molar-refractivity contribution < 1.29 is 14.8 Å². The van der Waals surface area contributed by atoms with Gasteiger partial charge in [0.2, 0.25) is 0 Å². The highest BCUT2D eigenvalue weighted by molar-refractivity contribution is 7.64. The second-order valence-corrected chi connectivity index (χ2v) is 6.42. The fraction of sp³-hybridized carbons (Fsp3) is 1.00. The third-order valence-electron chi connectivity index (χ3n) is 1.88. The van der Waals surface area contributed by atoms with Crippen molar-refractivity contribution in [2.45, 2.75) is 38.4 Å². The maximum Gasteiger partial charge on any atom is 0.138 e. The van der Waals surface area contributed by atoms with Crippen LogP contribution in [0, 0.1) is 0 Å². The van der Waals surface area contributed by atoms with Crippen molar-refractivity contribution in [2.75, 3.05) is 6.66 Å². The van der Waals surface area contributed by atoms with Crippen molar-refractivity contribution in [3.63, 3.8) is 0 Å². The first kappa shape index (κ1) is 11.2. The SMILES string of the molecule is CCCC(O)P(C)(=O)C(C)O. The maximum atomic E-state index is 11.5. The van der Waals surface area contributed by atoms with Crippen LogP contribution >= 0.6 is 7.14 Å². The topological polar surface area (TPSA) is 57.5 Å². The molecule has 3 nitrogen and oxygen atoms in total. The lowest BCUT2D eigenvalue weighted by Gasteiger charge is -2.21. The molecule has 0 heterocycles. The van der Waals surface area contributed by atoms with Crippen LogP contribution in [0.5, 0.6) is 0 Å². The highest BCUT2D eigenvalue weighted by Crippen LogP contribution is 2.50. The van der Waals surface area contributed by atoms with E-state index >= 15 is 0 Å². The molecular formula is C7H17O3P. The Morgan fingerprint density at radius 3 is 2.18 bits per heavy atom. The van der Waals surface area contributed by atoms with Gasteiger partial charge in [0, 0.05) is 0 Å². The third kappa shape index (κ3) is 2.94. The van der Waals surface area contributed by atoms with E-state index in [4.69, 9.17) is 5.11 Å². The molecule has 0 aliphatic heterocycles. The van der Waals surface area contributed by atoms with Gasteiger partial charge in [0.25, 0.3) is 0 Å². The number of hydrogen-bond donors (Lipinski definition) is 2. The van der Waals surface area contributed by atoms with E-state index < -0.39 is 18.8 Å². The quantitative estimate of drug-likeness (QED) is 0.643. The molecule has 0 saturated carbocycles. The molecule has 0 spiro atoms. The lowest BCUT2D eigenvalue weighted by Crippen LogP contribution is -2.14. The van der Waals surface area contributed by atoms with E-state index in [0.29, 0.717) is 6.42 Å². The monoisotopic (exact) mass is 180 g/mol. The van der Waals surface area contributed by atoms with E-state index in [1.807, 2.05) is 6.92 Å². The second-order valence-electron chi connectivity index (χ2n) is 2.96. The number of hydrogen-bond acceptors (Lipinski definition) is 3. The van der Waals surface area contributed by atoms with Crippen LogP contribution in [0.25, 0.3) is 0 Å². The predicted octanol–water partition coefficient (Wildman–Crippen LogP) is 1.44. The van der Waals surface area contributed by atoms with E-state index in [-0.39, 0.29) is 0 Å². The molecular weight excluding hydrogens is 163 g/mol. The molecule has 11 heavy (non-hydrogen) atoms. The van der Waals surface area contributed by atoms with Gasteiger partial charge in [-0.3, -0.25) is 0 Å². The Morgan fingerprint density at radius 1 is 1.45 bits per heavy atom. The van der Waals surface area contributed by atoms with Crippen LogP contribution in [-0.4, -0.2) is 28.6 Å². The summed E-state index contributed by atoms with van der Waals surface area (Å²) in [6.07, 6.45) is 1.28. The van der Waals surface area contributed by atoms with Gasteiger partial charge in [-0.15, -0.1) is 0 Å². The first-order valence-corrected chi connectivity index (χ1v) is 6.15. The van der Waals surface area contributed by atoms with Crippen molar-refractivity contribution in [1.82, 2.24) is 0 Å². The van der Waals surface area contributed by atoms with Crippen LogP contribution in [0.2, 0.25) is 0 Å². The fourth-order valence-corrected chi connectivity index (χ4v) is 2.03. The van der Waals surface area contributed by atoms with Gasteiger partial charge in [-0.05, 0) is 20.0 Å². The van der Waals surface area contributed by atoms with E-state index in [1.165, 1.54) is 13.6 Å². The summed E-state index contributed by atoms with van der Waals surface area (Å²) < 4.78 is 11.5. The van der Waals surface area contributed by atoms with Crippen LogP contribution in [0.3, 0.4) is 0 Å². The van der Waals surface area contributed by atoms with Gasteiger partial charge >= 0.3 is 0 Å². The fourth-order valence-electron chi connectivity index (χ4n) is 0.764. The molecule has 0 aliphatic carbocycles. The van der Waals surface area contributed by atoms with E-state index in [9.17, 15) is 9.67 Å². The molecule has 2 N–H and O–H groups in total. The van der Waals surface area contributed by atoms with Crippen molar-refractivity contribution in [3.8, 4) is 0 Å². The zero-order chi connectivity index (χ0) is 9.07. The first-order valence-electron chi connectivity index (χ1n) is 3.86. The molecule has 0 aliphatic rings. The van der Waals surface area contributed by atoms with E-state index in [0.717, 1.165) is 6.42 Å². The lowest BCUT2D eigenvalue weighted by molar-refractivity contribution is 0.210. The molecule has 4 heteroatoms. The Bertz CT molecular complexity index is 156. The average molecular weight is 180 g/mol. The molecule has 0 aromatic carbocycles. The van der Waals surface area contributed by atoms with Crippen LogP contribution in [0.15, 0.2) is 0 Å². The summed E-state index contributed by atoms with van der Waals surface area (Å²) in [6.45, 7) is 4.81. The van der Waals surface area contributed by atoms with Crippen LogP contribution in [0.4, 0.5) is 0 Å². The molecule has 0 saturated heterocycles. The molecule has 0 radical (unpaired) electrons. The Labute approximate surface area is 67.8 Å². The summed E-state index contributed by atoms with van der Waals surface area (Å²) in [4.78, 5) is 0. The zero-order valence-corrected chi connectivity index (χ0v) is 8.21. The molecule has 3 atom stereocenters. The highest BCUT2D eigenvalue weighted by atomic mass is 31.2. The van der Waals surface area contributed by atoms with Gasteiger partial charge in [0.1, 0.15) is 18.8 Å². The van der Waals surface area contributed by atoms with E-state index in [2.05, 4.69) is 0 Å². The smallest absolute Gasteiger partial charge is 0.138 e. The normalized spacial score (nSPS) is 22.3. The standard InChI is InChI=1S/C7H17O3P/c1-4-5-7(9)11(3,10)6(2)8/h6-9H,4-5H2,1-3H3. The Hall–Kier alpha value is 0.150. The Kier molecular flexibility index (Phi) is 4.30. The first-order chi connectivity index (χ1) is 4.92. The predicted molar refractivity (Wildman–Crippen MR) is 46.1 cm³/mol. The summed E-state index contributed by atoms with van der Waals surface area (Å²) in [6, 6.07) is 0. The minimum atomic E-state index is -2.76. The molecule has 0 aromatic rings. The van der Waals surface area contributed by atoms with Gasteiger partial charge in [0.05, 0.1) is 0 Å². The largest absolute Gasteiger partial charge is 0.386 e. The molecule has 0 fully saturated rings. The summed E-state index contributed by atoms with van der Waals surface area (Å²) in [5.74, 6) is -1.74. The zero-order valence-electron chi connectivity index (χ0n) is 7.32. The number of rotatable bonds is 4. The van der Waals surface area contributed by atoms with Gasteiger partial charge in [-0.2, -0.15) is 0 Å². The van der Waals surface area contributed by atoms with E-state index in [1.54, 1.807) is 0 Å². The third-order valence-corrected chi connectivity index (χ3v) is 4.81. The minimum Gasteiger partial charge on any atom is -0.386 e. The molecule has 0 bridgehead atoms. The summed E-state index contributed by atoms with van der Waals surface area (Å²) >= 11 is 0. The van der Waals surface area contributed by atoms with Gasteiger partial charge in [-0.1, -0.05) is 13.3 Å². The second kappa shape index (κ2) is 4.24. The Morgan fingerprint density at radius 2 is 1.91 bits per heavy atom. The molecule has 0 amide bonds. The van der Waals surface area contributed by atoms with Crippen molar-refractivity contribution in [2.24, 2.45) is 0 Å². The molecule has 3 unspecified atom stereocenters. The highest BCUT2D eigenvalue weighted by Gasteiger charge is 2.30. The van der Waals surface area contributed by atoms with Gasteiger partial charge < -0.3 is 14.8 Å². The number of aliphatic hydroxyl groups is 2. The van der Waals surface area contributed by atoms with Gasteiger partial charge in [-0.25, -0.2) is 0 Å². The van der Waals surface area contributed by atoms with Crippen molar-refractivity contribution in [3.05, 3.63) is 0 Å². The molecule has 68 valence electrons. The summed E-state index contributed by atoms with van der Waals surface area (Å²) in [5.41, 5.74) is 0. The van der Waals surface area contributed by atoms with Crippen molar-refractivity contribution >= 4 is 7.14 Å². The van der Waals surface area contributed by atoms with Crippen LogP contribution in [0.1, 0.15) is 26.7 Å². The van der Waals surface area contributed by atoms with Gasteiger partial charge in [0.15, 0.2) is 0 Å². The van der Waals surface area contributed by atoms with Crippen molar-refractivity contribution in [1.29, 1.82) is 0 Å². The maximum absolute atomic E-state index is 11.5. The van der Waals surface area contributed by atoms with Crippen LogP contribution < -0.4 is 0 Å². The lowest BCUT2D eigenvalue weighted by atomic mass is 10.4.